The van der Waals surface area contributed by atoms with E-state index in [2.05, 4.69) is 27.4 Å². The summed E-state index contributed by atoms with van der Waals surface area (Å²) in [6.45, 7) is 2.02. The van der Waals surface area contributed by atoms with Crippen molar-refractivity contribution in [1.82, 2.24) is 0 Å². The van der Waals surface area contributed by atoms with Gasteiger partial charge in [0.2, 0.25) is 0 Å². The number of halogens is 1. The van der Waals surface area contributed by atoms with E-state index in [1.54, 1.807) is 11.3 Å². The monoisotopic (exact) mass is 256 g/mol. The van der Waals surface area contributed by atoms with Gasteiger partial charge in [0, 0.05) is 21.0 Å². The number of benzene rings is 1. The smallest absolute Gasteiger partial charge is 0.120 e. The number of phenolic OH excluding ortho intramolecular Hbond substituents is 1. The van der Waals surface area contributed by atoms with Crippen LogP contribution in [0.5, 0.6) is 5.75 Å². The Morgan fingerprint density at radius 3 is 3.00 bits per heavy atom. The van der Waals surface area contributed by atoms with Gasteiger partial charge < -0.3 is 5.11 Å². The first-order valence-corrected chi connectivity index (χ1v) is 5.98. The van der Waals surface area contributed by atoms with Crippen LogP contribution in [0, 0.1) is 6.92 Å². The first-order valence-electron chi connectivity index (χ1n) is 3.98. The Morgan fingerprint density at radius 1 is 1.54 bits per heavy atom. The lowest BCUT2D eigenvalue weighted by Crippen LogP contribution is -1.82. The average molecular weight is 257 g/mol. The van der Waals surface area contributed by atoms with E-state index in [9.17, 15) is 5.11 Å². The average Bonchev–Trinajstić information content (AvgIpc) is 2.53. The SMILES string of the molecule is Cc1cc(O)c(CBr)c2ccsc12. The van der Waals surface area contributed by atoms with Crippen LogP contribution < -0.4 is 0 Å². The minimum atomic E-state index is 0.389. The van der Waals surface area contributed by atoms with Gasteiger partial charge in [-0.15, -0.1) is 11.3 Å². The molecule has 0 saturated carbocycles. The molecule has 2 rings (SSSR count). The van der Waals surface area contributed by atoms with Crippen molar-refractivity contribution in [2.75, 3.05) is 0 Å². The van der Waals surface area contributed by atoms with Crippen LogP contribution in [0.3, 0.4) is 0 Å². The molecule has 0 atom stereocenters. The fourth-order valence-electron chi connectivity index (χ4n) is 1.49. The first kappa shape index (κ1) is 9.03. The summed E-state index contributed by atoms with van der Waals surface area (Å²) in [6.07, 6.45) is 0. The molecule has 0 bridgehead atoms. The van der Waals surface area contributed by atoms with E-state index in [0.717, 1.165) is 11.1 Å². The molecular weight excluding hydrogens is 248 g/mol. The summed E-state index contributed by atoms with van der Waals surface area (Å²) in [5, 5.41) is 13.6. The maximum atomic E-state index is 9.68. The molecule has 1 N–H and O–H groups in total. The molecular formula is C10H9BrOS. The van der Waals surface area contributed by atoms with Crippen LogP contribution in [0.2, 0.25) is 0 Å². The third kappa shape index (κ3) is 1.36. The van der Waals surface area contributed by atoms with Crippen molar-refractivity contribution in [3.8, 4) is 5.75 Å². The number of aromatic hydroxyl groups is 1. The number of hydrogen-bond acceptors (Lipinski definition) is 2. The number of thiophene rings is 1. The highest BCUT2D eigenvalue weighted by atomic mass is 79.9. The number of alkyl halides is 1. The topological polar surface area (TPSA) is 20.2 Å². The Labute approximate surface area is 89.1 Å². The standard InChI is InChI=1S/C10H9BrOS/c1-6-4-9(12)8(5-11)7-2-3-13-10(6)7/h2-4,12H,5H2,1H3. The number of hydrogen-bond donors (Lipinski definition) is 1. The molecule has 1 aromatic carbocycles. The molecule has 0 unspecified atom stereocenters. The maximum absolute atomic E-state index is 9.68. The number of aryl methyl sites for hydroxylation is 1. The minimum Gasteiger partial charge on any atom is -0.508 e. The summed E-state index contributed by atoms with van der Waals surface area (Å²) < 4.78 is 1.27. The van der Waals surface area contributed by atoms with Gasteiger partial charge in [-0.1, -0.05) is 15.9 Å². The van der Waals surface area contributed by atoms with Crippen molar-refractivity contribution in [3.05, 3.63) is 28.6 Å². The van der Waals surface area contributed by atoms with Gasteiger partial charge in [-0.05, 0) is 30.0 Å². The van der Waals surface area contributed by atoms with E-state index < -0.39 is 0 Å². The zero-order valence-electron chi connectivity index (χ0n) is 7.17. The normalized spacial score (nSPS) is 10.9. The zero-order chi connectivity index (χ0) is 9.42. The Balaban J connectivity index is 2.88. The molecule has 68 valence electrons. The molecule has 0 aliphatic heterocycles. The van der Waals surface area contributed by atoms with Crippen molar-refractivity contribution in [3.63, 3.8) is 0 Å². The highest BCUT2D eigenvalue weighted by molar-refractivity contribution is 9.08. The Morgan fingerprint density at radius 2 is 2.31 bits per heavy atom. The lowest BCUT2D eigenvalue weighted by molar-refractivity contribution is 0.471. The maximum Gasteiger partial charge on any atom is 0.120 e. The minimum absolute atomic E-state index is 0.389. The van der Waals surface area contributed by atoms with Crippen LogP contribution in [0.4, 0.5) is 0 Å². The molecule has 0 saturated heterocycles. The van der Waals surface area contributed by atoms with Gasteiger partial charge in [-0.2, -0.15) is 0 Å². The zero-order valence-corrected chi connectivity index (χ0v) is 9.58. The lowest BCUT2D eigenvalue weighted by Gasteiger charge is -2.04. The molecule has 0 aliphatic carbocycles. The number of fused-ring (bicyclic) bond motifs is 1. The largest absolute Gasteiger partial charge is 0.508 e. The van der Waals surface area contributed by atoms with E-state index in [-0.39, 0.29) is 0 Å². The summed E-state index contributed by atoms with van der Waals surface area (Å²) in [5.41, 5.74) is 2.13. The molecule has 1 aromatic heterocycles. The fourth-order valence-corrected chi connectivity index (χ4v) is 2.98. The van der Waals surface area contributed by atoms with Gasteiger partial charge in [0.15, 0.2) is 0 Å². The van der Waals surface area contributed by atoms with Crippen molar-refractivity contribution >= 4 is 37.4 Å². The summed E-state index contributed by atoms with van der Waals surface area (Å²) in [7, 11) is 0. The van der Waals surface area contributed by atoms with Crippen LogP contribution in [-0.4, -0.2) is 5.11 Å². The second kappa shape index (κ2) is 3.31. The molecule has 1 nitrogen and oxygen atoms in total. The Hall–Kier alpha value is -0.540. The second-order valence-electron chi connectivity index (χ2n) is 2.99. The predicted molar refractivity (Wildman–Crippen MR) is 60.9 cm³/mol. The summed E-state index contributed by atoms with van der Waals surface area (Å²) >= 11 is 5.10. The highest BCUT2D eigenvalue weighted by Gasteiger charge is 2.08. The fraction of sp³-hybridized carbons (Fsp3) is 0.200. The third-order valence-electron chi connectivity index (χ3n) is 2.14. The van der Waals surface area contributed by atoms with Gasteiger partial charge in [-0.25, -0.2) is 0 Å². The van der Waals surface area contributed by atoms with E-state index in [4.69, 9.17) is 0 Å². The summed E-state index contributed by atoms with van der Waals surface area (Å²) in [6, 6.07) is 3.89. The van der Waals surface area contributed by atoms with Gasteiger partial charge in [0.05, 0.1) is 0 Å². The van der Waals surface area contributed by atoms with E-state index >= 15 is 0 Å². The third-order valence-corrected chi connectivity index (χ3v) is 3.76. The van der Waals surface area contributed by atoms with E-state index in [1.165, 1.54) is 10.1 Å². The van der Waals surface area contributed by atoms with Gasteiger partial charge >= 0.3 is 0 Å². The van der Waals surface area contributed by atoms with E-state index in [1.807, 2.05) is 13.0 Å². The van der Waals surface area contributed by atoms with Gasteiger partial charge in [0.25, 0.3) is 0 Å². The second-order valence-corrected chi connectivity index (χ2v) is 4.47. The summed E-state index contributed by atoms with van der Waals surface area (Å²) in [4.78, 5) is 0. The quantitative estimate of drug-likeness (QED) is 0.770. The molecule has 0 fully saturated rings. The lowest BCUT2D eigenvalue weighted by atomic mass is 10.1. The van der Waals surface area contributed by atoms with Crippen molar-refractivity contribution < 1.29 is 5.11 Å². The van der Waals surface area contributed by atoms with Crippen LogP contribution >= 0.6 is 27.3 Å². The molecule has 3 heteroatoms. The molecule has 1 heterocycles. The van der Waals surface area contributed by atoms with Crippen molar-refractivity contribution in [2.24, 2.45) is 0 Å². The first-order chi connectivity index (χ1) is 6.24. The van der Waals surface area contributed by atoms with Crippen LogP contribution in [-0.2, 0) is 5.33 Å². The van der Waals surface area contributed by atoms with Crippen molar-refractivity contribution in [2.45, 2.75) is 12.3 Å². The molecule has 0 radical (unpaired) electrons. The molecule has 2 aromatic rings. The van der Waals surface area contributed by atoms with Gasteiger partial charge in [0.1, 0.15) is 5.75 Å². The predicted octanol–water partition coefficient (Wildman–Crippen LogP) is 3.81. The Bertz CT molecular complexity index is 447. The number of rotatable bonds is 1. The molecule has 0 spiro atoms. The van der Waals surface area contributed by atoms with Gasteiger partial charge in [-0.3, -0.25) is 0 Å². The van der Waals surface area contributed by atoms with Crippen LogP contribution in [0.25, 0.3) is 10.1 Å². The number of phenols is 1. The highest BCUT2D eigenvalue weighted by Crippen LogP contribution is 2.34. The molecule has 0 aliphatic rings. The molecule has 13 heavy (non-hydrogen) atoms. The van der Waals surface area contributed by atoms with Crippen molar-refractivity contribution in [1.29, 1.82) is 0 Å². The summed E-state index contributed by atoms with van der Waals surface area (Å²) in [5.74, 6) is 0.389. The van der Waals surface area contributed by atoms with E-state index in [0.29, 0.717) is 11.1 Å². The Kier molecular flexibility index (Phi) is 2.30. The van der Waals surface area contributed by atoms with Crippen LogP contribution in [0.15, 0.2) is 17.5 Å². The molecule has 0 amide bonds. The van der Waals surface area contributed by atoms with Crippen LogP contribution in [0.1, 0.15) is 11.1 Å².